The molecule has 1 heterocycles. The van der Waals surface area contributed by atoms with E-state index in [1.807, 2.05) is 0 Å². The summed E-state index contributed by atoms with van der Waals surface area (Å²) < 4.78 is 37.4. The van der Waals surface area contributed by atoms with Crippen LogP contribution in [0.2, 0.25) is 0 Å². The highest BCUT2D eigenvalue weighted by molar-refractivity contribution is 9.10. The molecule has 0 aromatic carbocycles. The molecule has 0 N–H and O–H groups in total. The zero-order chi connectivity index (χ0) is 11.9. The second-order valence-electron chi connectivity index (χ2n) is 4.15. The Labute approximate surface area is 94.1 Å². The van der Waals surface area contributed by atoms with Crippen LogP contribution >= 0.6 is 15.9 Å². The molecule has 0 fully saturated rings. The summed E-state index contributed by atoms with van der Waals surface area (Å²) >= 11 is 2.95. The molecule has 0 unspecified atom stereocenters. The zero-order valence-corrected chi connectivity index (χ0v) is 10.1. The summed E-state index contributed by atoms with van der Waals surface area (Å²) in [7, 11) is 0. The Bertz CT molecular complexity index is 336. The topological polar surface area (TPSA) is 25.8 Å². The van der Waals surface area contributed by atoms with Gasteiger partial charge >= 0.3 is 6.18 Å². The summed E-state index contributed by atoms with van der Waals surface area (Å²) in [4.78, 5) is 7.43. The third-order valence-electron chi connectivity index (χ3n) is 1.66. The Hall–Kier alpha value is -0.650. The van der Waals surface area contributed by atoms with E-state index in [2.05, 4.69) is 25.9 Å². The van der Waals surface area contributed by atoms with Gasteiger partial charge in [0.15, 0.2) is 0 Å². The van der Waals surface area contributed by atoms with Crippen molar-refractivity contribution in [3.8, 4) is 0 Å². The Kier molecular flexibility index (Phi) is 3.09. The van der Waals surface area contributed by atoms with Crippen LogP contribution in [0.4, 0.5) is 13.2 Å². The van der Waals surface area contributed by atoms with E-state index >= 15 is 0 Å². The smallest absolute Gasteiger partial charge is 0.228 e. The van der Waals surface area contributed by atoms with Gasteiger partial charge < -0.3 is 0 Å². The van der Waals surface area contributed by atoms with Gasteiger partial charge in [0.1, 0.15) is 16.1 Å². The predicted octanol–water partition coefficient (Wildman–Crippen LogP) is 3.56. The first-order chi connectivity index (χ1) is 6.60. The summed E-state index contributed by atoms with van der Waals surface area (Å²) in [6.07, 6.45) is -4.44. The van der Waals surface area contributed by atoms with Gasteiger partial charge in [0.25, 0.3) is 0 Å². The van der Waals surface area contributed by atoms with Crippen molar-refractivity contribution in [3.63, 3.8) is 0 Å². The van der Waals surface area contributed by atoms with E-state index in [-0.39, 0.29) is 10.4 Å². The molecule has 0 aliphatic heterocycles. The van der Waals surface area contributed by atoms with Crippen LogP contribution < -0.4 is 0 Å². The average Bonchev–Trinajstić information content (AvgIpc) is 1.99. The lowest BCUT2D eigenvalue weighted by Crippen LogP contribution is -2.20. The third kappa shape index (κ3) is 3.15. The molecule has 0 amide bonds. The maximum atomic E-state index is 12.4. The lowest BCUT2D eigenvalue weighted by Gasteiger charge is -2.18. The first-order valence-corrected chi connectivity index (χ1v) is 5.02. The van der Waals surface area contributed by atoms with Crippen molar-refractivity contribution in [1.29, 1.82) is 0 Å². The SMILES string of the molecule is CC(C)(C)c1nc(Br)cc(C(F)(F)F)n1. The largest absolute Gasteiger partial charge is 0.433 e. The molecular weight excluding hydrogens is 273 g/mol. The summed E-state index contributed by atoms with van der Waals surface area (Å²) in [5.41, 5.74) is -1.43. The van der Waals surface area contributed by atoms with Gasteiger partial charge in [-0.2, -0.15) is 13.2 Å². The summed E-state index contributed by atoms with van der Waals surface area (Å²) in [6.45, 7) is 5.28. The third-order valence-corrected chi connectivity index (χ3v) is 2.06. The van der Waals surface area contributed by atoms with Crippen LogP contribution in [0.15, 0.2) is 10.7 Å². The van der Waals surface area contributed by atoms with Crippen molar-refractivity contribution in [1.82, 2.24) is 9.97 Å². The quantitative estimate of drug-likeness (QED) is 0.680. The molecule has 0 bridgehead atoms. The molecule has 84 valence electrons. The van der Waals surface area contributed by atoms with Crippen LogP contribution in [-0.4, -0.2) is 9.97 Å². The van der Waals surface area contributed by atoms with Gasteiger partial charge in [-0.3, -0.25) is 0 Å². The first-order valence-electron chi connectivity index (χ1n) is 4.23. The van der Waals surface area contributed by atoms with E-state index in [0.29, 0.717) is 0 Å². The van der Waals surface area contributed by atoms with Gasteiger partial charge in [0, 0.05) is 11.5 Å². The molecule has 2 nitrogen and oxygen atoms in total. The van der Waals surface area contributed by atoms with Crippen molar-refractivity contribution >= 4 is 15.9 Å². The van der Waals surface area contributed by atoms with Gasteiger partial charge in [-0.25, -0.2) is 9.97 Å². The fourth-order valence-corrected chi connectivity index (χ4v) is 1.28. The molecule has 0 saturated carbocycles. The maximum Gasteiger partial charge on any atom is 0.433 e. The highest BCUT2D eigenvalue weighted by Crippen LogP contribution is 2.30. The molecule has 0 atom stereocenters. The monoisotopic (exact) mass is 282 g/mol. The fraction of sp³-hybridized carbons (Fsp3) is 0.556. The van der Waals surface area contributed by atoms with Crippen molar-refractivity contribution in [2.75, 3.05) is 0 Å². The number of halogens is 4. The van der Waals surface area contributed by atoms with Gasteiger partial charge in [-0.05, 0) is 15.9 Å². The lowest BCUT2D eigenvalue weighted by atomic mass is 9.95. The van der Waals surface area contributed by atoms with Crippen LogP contribution in [0.1, 0.15) is 32.3 Å². The van der Waals surface area contributed by atoms with Gasteiger partial charge in [-0.1, -0.05) is 20.8 Å². The van der Waals surface area contributed by atoms with E-state index < -0.39 is 17.3 Å². The minimum atomic E-state index is -4.44. The Balaban J connectivity index is 3.30. The van der Waals surface area contributed by atoms with Crippen LogP contribution in [0, 0.1) is 0 Å². The van der Waals surface area contributed by atoms with Gasteiger partial charge in [-0.15, -0.1) is 0 Å². The number of aromatic nitrogens is 2. The summed E-state index contributed by atoms with van der Waals surface area (Å²) in [5, 5.41) is 0. The van der Waals surface area contributed by atoms with Crippen molar-refractivity contribution in [3.05, 3.63) is 22.2 Å². The molecule has 1 aromatic heterocycles. The Morgan fingerprint density at radius 3 is 2.07 bits per heavy atom. The van der Waals surface area contributed by atoms with Crippen LogP contribution in [0.25, 0.3) is 0 Å². The zero-order valence-electron chi connectivity index (χ0n) is 8.48. The average molecular weight is 283 g/mol. The van der Waals surface area contributed by atoms with Crippen molar-refractivity contribution in [2.24, 2.45) is 0 Å². The number of nitrogens with zero attached hydrogens (tertiary/aromatic N) is 2. The lowest BCUT2D eigenvalue weighted by molar-refractivity contribution is -0.141. The maximum absolute atomic E-state index is 12.4. The van der Waals surface area contributed by atoms with E-state index in [9.17, 15) is 13.2 Å². The number of rotatable bonds is 0. The van der Waals surface area contributed by atoms with Gasteiger partial charge in [0.05, 0.1) is 0 Å². The number of alkyl halides is 3. The Morgan fingerprint density at radius 2 is 1.67 bits per heavy atom. The van der Waals surface area contributed by atoms with E-state index in [0.717, 1.165) is 6.07 Å². The van der Waals surface area contributed by atoms with Crippen molar-refractivity contribution in [2.45, 2.75) is 32.4 Å². The highest BCUT2D eigenvalue weighted by Gasteiger charge is 2.34. The molecule has 0 spiro atoms. The second-order valence-corrected chi connectivity index (χ2v) is 4.96. The van der Waals surface area contributed by atoms with Crippen LogP contribution in [0.3, 0.4) is 0 Å². The normalized spacial score (nSPS) is 13.0. The van der Waals surface area contributed by atoms with Crippen molar-refractivity contribution < 1.29 is 13.2 Å². The molecule has 0 radical (unpaired) electrons. The molecule has 6 heteroatoms. The molecule has 1 rings (SSSR count). The summed E-state index contributed by atoms with van der Waals surface area (Å²) in [6, 6.07) is 0.870. The molecule has 1 aromatic rings. The Morgan fingerprint density at radius 1 is 1.13 bits per heavy atom. The molecular formula is C9H10BrF3N2. The standard InChI is InChI=1S/C9H10BrF3N2/c1-8(2,3)7-14-5(9(11,12)13)4-6(10)15-7/h4H,1-3H3. The highest BCUT2D eigenvalue weighted by atomic mass is 79.9. The van der Waals surface area contributed by atoms with E-state index in [1.54, 1.807) is 20.8 Å². The van der Waals surface area contributed by atoms with E-state index in [1.165, 1.54) is 0 Å². The van der Waals surface area contributed by atoms with E-state index in [4.69, 9.17) is 0 Å². The van der Waals surface area contributed by atoms with Crippen LogP contribution in [0.5, 0.6) is 0 Å². The second kappa shape index (κ2) is 3.73. The molecule has 15 heavy (non-hydrogen) atoms. The van der Waals surface area contributed by atoms with Gasteiger partial charge in [0.2, 0.25) is 0 Å². The fourth-order valence-electron chi connectivity index (χ4n) is 0.898. The first kappa shape index (κ1) is 12.4. The van der Waals surface area contributed by atoms with Crippen LogP contribution in [-0.2, 0) is 11.6 Å². The molecule has 0 aliphatic carbocycles. The number of hydrogen-bond donors (Lipinski definition) is 0. The number of hydrogen-bond acceptors (Lipinski definition) is 2. The predicted molar refractivity (Wildman–Crippen MR) is 53.4 cm³/mol. The minimum absolute atomic E-state index is 0.148. The molecule has 0 saturated heterocycles. The summed E-state index contributed by atoms with van der Waals surface area (Å²) in [5.74, 6) is 0.171. The minimum Gasteiger partial charge on any atom is -0.228 e. The molecule has 0 aliphatic rings.